The summed E-state index contributed by atoms with van der Waals surface area (Å²) in [6, 6.07) is 13.7. The van der Waals surface area contributed by atoms with Gasteiger partial charge in [0.1, 0.15) is 0 Å². The molecule has 4 nitrogen and oxygen atoms in total. The quantitative estimate of drug-likeness (QED) is 0.861. The summed E-state index contributed by atoms with van der Waals surface area (Å²) in [7, 11) is 3.67. The van der Waals surface area contributed by atoms with Crippen LogP contribution in [0.15, 0.2) is 48.5 Å². The molecule has 114 valence electrons. The van der Waals surface area contributed by atoms with Crippen LogP contribution in [-0.2, 0) is 0 Å². The maximum Gasteiger partial charge on any atom is 0.257 e. The van der Waals surface area contributed by atoms with Crippen LogP contribution < -0.4 is 5.32 Å². The molecule has 0 spiro atoms. The Hall–Kier alpha value is -2.17. The maximum atomic E-state index is 12.2. The number of nitrogens with zero attached hydrogens (tertiary/aromatic N) is 1. The SMILES string of the molecule is CN(C)CC(=O)c1cccc(NC(=O)c2ccccc2Cl)c1. The van der Waals surface area contributed by atoms with E-state index in [-0.39, 0.29) is 11.7 Å². The number of ketones is 1. The Morgan fingerprint density at radius 2 is 1.82 bits per heavy atom. The summed E-state index contributed by atoms with van der Waals surface area (Å²) in [6.07, 6.45) is 0. The Kier molecular flexibility index (Phi) is 5.31. The Labute approximate surface area is 134 Å². The van der Waals surface area contributed by atoms with Gasteiger partial charge in [-0.3, -0.25) is 9.59 Å². The Balaban J connectivity index is 2.15. The van der Waals surface area contributed by atoms with Gasteiger partial charge in [0.25, 0.3) is 5.91 Å². The normalized spacial score (nSPS) is 10.5. The van der Waals surface area contributed by atoms with Crippen molar-refractivity contribution in [3.8, 4) is 0 Å². The van der Waals surface area contributed by atoms with Gasteiger partial charge in [0.15, 0.2) is 5.78 Å². The van der Waals surface area contributed by atoms with E-state index in [1.165, 1.54) is 0 Å². The Bertz CT molecular complexity index is 699. The number of anilines is 1. The van der Waals surface area contributed by atoms with Gasteiger partial charge in [0.05, 0.1) is 17.1 Å². The smallest absolute Gasteiger partial charge is 0.257 e. The Morgan fingerprint density at radius 3 is 2.50 bits per heavy atom. The van der Waals surface area contributed by atoms with E-state index in [9.17, 15) is 9.59 Å². The molecule has 0 fully saturated rings. The lowest BCUT2D eigenvalue weighted by Gasteiger charge is -2.10. The van der Waals surface area contributed by atoms with Gasteiger partial charge in [-0.1, -0.05) is 35.9 Å². The number of nitrogens with one attached hydrogen (secondary N) is 1. The summed E-state index contributed by atoms with van der Waals surface area (Å²) in [5, 5.41) is 3.15. The van der Waals surface area contributed by atoms with Crippen molar-refractivity contribution < 1.29 is 9.59 Å². The van der Waals surface area contributed by atoms with Crippen molar-refractivity contribution in [3.05, 3.63) is 64.7 Å². The average molecular weight is 317 g/mol. The molecule has 0 bridgehead atoms. The van der Waals surface area contributed by atoms with Gasteiger partial charge in [-0.15, -0.1) is 0 Å². The molecule has 0 aliphatic rings. The van der Waals surface area contributed by atoms with Crippen molar-refractivity contribution >= 4 is 29.0 Å². The molecule has 2 aromatic rings. The zero-order chi connectivity index (χ0) is 16.1. The second-order valence-electron chi connectivity index (χ2n) is 5.18. The molecule has 0 saturated carbocycles. The van der Waals surface area contributed by atoms with Crippen LogP contribution in [0.2, 0.25) is 5.02 Å². The highest BCUT2D eigenvalue weighted by atomic mass is 35.5. The number of Topliss-reactive ketones (excluding diaryl/α,β-unsaturated/α-hetero) is 1. The first-order valence-electron chi connectivity index (χ1n) is 6.81. The summed E-state index contributed by atoms with van der Waals surface area (Å²) in [5.74, 6) is -0.304. The van der Waals surface area contributed by atoms with Crippen LogP contribution in [0.3, 0.4) is 0 Å². The zero-order valence-corrected chi connectivity index (χ0v) is 13.2. The van der Waals surface area contributed by atoms with E-state index in [2.05, 4.69) is 5.32 Å². The standard InChI is InChI=1S/C17H17ClN2O2/c1-20(2)11-16(21)12-6-5-7-13(10-12)19-17(22)14-8-3-4-9-15(14)18/h3-10H,11H2,1-2H3,(H,19,22). The van der Waals surface area contributed by atoms with E-state index in [1.54, 1.807) is 53.4 Å². The number of carbonyl (C=O) groups excluding carboxylic acids is 2. The number of amides is 1. The molecular weight excluding hydrogens is 300 g/mol. The van der Waals surface area contributed by atoms with Crippen LogP contribution in [0, 0.1) is 0 Å². The number of benzene rings is 2. The largest absolute Gasteiger partial charge is 0.322 e. The van der Waals surface area contributed by atoms with E-state index in [1.807, 2.05) is 14.1 Å². The van der Waals surface area contributed by atoms with Crippen molar-refractivity contribution in [1.29, 1.82) is 0 Å². The minimum atomic E-state index is -0.303. The Morgan fingerprint density at radius 1 is 1.09 bits per heavy atom. The topological polar surface area (TPSA) is 49.4 Å². The molecule has 0 saturated heterocycles. The summed E-state index contributed by atoms with van der Waals surface area (Å²) >= 11 is 6.00. The fourth-order valence-electron chi connectivity index (χ4n) is 1.99. The van der Waals surface area contributed by atoms with E-state index in [4.69, 9.17) is 11.6 Å². The van der Waals surface area contributed by atoms with Crippen molar-refractivity contribution in [1.82, 2.24) is 4.90 Å². The first kappa shape index (κ1) is 16.2. The lowest BCUT2D eigenvalue weighted by atomic mass is 10.1. The fourth-order valence-corrected chi connectivity index (χ4v) is 2.21. The van der Waals surface area contributed by atoms with Crippen LogP contribution in [0.25, 0.3) is 0 Å². The fraction of sp³-hybridized carbons (Fsp3) is 0.176. The van der Waals surface area contributed by atoms with Gasteiger partial charge in [0, 0.05) is 11.3 Å². The molecule has 0 aromatic heterocycles. The molecule has 0 radical (unpaired) electrons. The van der Waals surface area contributed by atoms with E-state index >= 15 is 0 Å². The summed E-state index contributed by atoms with van der Waals surface area (Å²) in [6.45, 7) is 0.321. The molecule has 2 rings (SSSR count). The molecule has 0 atom stereocenters. The number of rotatable bonds is 5. The predicted molar refractivity (Wildman–Crippen MR) is 88.7 cm³/mol. The van der Waals surface area contributed by atoms with Crippen molar-refractivity contribution in [2.24, 2.45) is 0 Å². The predicted octanol–water partition coefficient (Wildman–Crippen LogP) is 3.34. The third-order valence-electron chi connectivity index (χ3n) is 3.02. The molecule has 0 aliphatic heterocycles. The molecule has 0 aliphatic carbocycles. The van der Waals surface area contributed by atoms with Gasteiger partial charge in [-0.2, -0.15) is 0 Å². The third kappa shape index (κ3) is 4.16. The molecule has 22 heavy (non-hydrogen) atoms. The molecule has 1 amide bonds. The second-order valence-corrected chi connectivity index (χ2v) is 5.58. The minimum absolute atomic E-state index is 0.00107. The van der Waals surface area contributed by atoms with Crippen LogP contribution in [0.1, 0.15) is 20.7 Å². The van der Waals surface area contributed by atoms with Crippen molar-refractivity contribution in [2.75, 3.05) is 26.0 Å². The van der Waals surface area contributed by atoms with Crippen LogP contribution in [0.5, 0.6) is 0 Å². The maximum absolute atomic E-state index is 12.2. The number of carbonyl (C=O) groups is 2. The lowest BCUT2D eigenvalue weighted by Crippen LogP contribution is -2.21. The van der Waals surface area contributed by atoms with Crippen molar-refractivity contribution in [3.63, 3.8) is 0 Å². The third-order valence-corrected chi connectivity index (χ3v) is 3.35. The minimum Gasteiger partial charge on any atom is -0.322 e. The number of hydrogen-bond donors (Lipinski definition) is 1. The van der Waals surface area contributed by atoms with Crippen LogP contribution in [-0.4, -0.2) is 37.2 Å². The molecule has 0 unspecified atom stereocenters. The van der Waals surface area contributed by atoms with Gasteiger partial charge in [-0.05, 0) is 38.4 Å². The van der Waals surface area contributed by atoms with E-state index in [0.717, 1.165) is 0 Å². The summed E-state index contributed by atoms with van der Waals surface area (Å²) in [5.41, 5.74) is 1.52. The highest BCUT2D eigenvalue weighted by Gasteiger charge is 2.12. The first-order chi connectivity index (χ1) is 10.5. The molecule has 2 aromatic carbocycles. The van der Waals surface area contributed by atoms with Gasteiger partial charge < -0.3 is 10.2 Å². The average Bonchev–Trinajstić information content (AvgIpc) is 2.47. The van der Waals surface area contributed by atoms with Gasteiger partial charge >= 0.3 is 0 Å². The summed E-state index contributed by atoms with van der Waals surface area (Å²) < 4.78 is 0. The highest BCUT2D eigenvalue weighted by Crippen LogP contribution is 2.18. The number of hydrogen-bond acceptors (Lipinski definition) is 3. The van der Waals surface area contributed by atoms with E-state index < -0.39 is 0 Å². The van der Waals surface area contributed by atoms with Crippen molar-refractivity contribution in [2.45, 2.75) is 0 Å². The van der Waals surface area contributed by atoms with Crippen LogP contribution >= 0.6 is 11.6 Å². The molecule has 1 N–H and O–H groups in total. The molecular formula is C17H17ClN2O2. The van der Waals surface area contributed by atoms with E-state index in [0.29, 0.717) is 28.4 Å². The van der Waals surface area contributed by atoms with Gasteiger partial charge in [0.2, 0.25) is 0 Å². The summed E-state index contributed by atoms with van der Waals surface area (Å²) in [4.78, 5) is 26.0. The molecule has 5 heteroatoms. The monoisotopic (exact) mass is 316 g/mol. The second kappa shape index (κ2) is 7.20. The van der Waals surface area contributed by atoms with Crippen LogP contribution in [0.4, 0.5) is 5.69 Å². The lowest BCUT2D eigenvalue weighted by molar-refractivity contribution is 0.0956. The highest BCUT2D eigenvalue weighted by molar-refractivity contribution is 6.34. The molecule has 0 heterocycles. The van der Waals surface area contributed by atoms with Gasteiger partial charge in [-0.25, -0.2) is 0 Å². The zero-order valence-electron chi connectivity index (χ0n) is 12.5. The number of halogens is 1. The number of likely N-dealkylation sites (N-methyl/N-ethyl adjacent to an activating group) is 1. The first-order valence-corrected chi connectivity index (χ1v) is 7.19.